The molecule has 6 heteroatoms. The molecule has 1 fully saturated rings. The Hall–Kier alpha value is -1.89. The highest BCUT2D eigenvalue weighted by atomic mass is 16.7. The molecule has 1 aliphatic rings. The van der Waals surface area contributed by atoms with Gasteiger partial charge in [-0.15, -0.1) is 0 Å². The van der Waals surface area contributed by atoms with E-state index in [1.165, 1.54) is 0 Å². The van der Waals surface area contributed by atoms with Gasteiger partial charge in [-0.25, -0.2) is 4.79 Å². The average Bonchev–Trinajstić information content (AvgIpc) is 2.86. The summed E-state index contributed by atoms with van der Waals surface area (Å²) in [6.07, 6.45) is -0.391. The number of hydrogen-bond acceptors (Lipinski definition) is 4. The van der Waals surface area contributed by atoms with Crippen LogP contribution in [-0.2, 0) is 9.47 Å². The number of aromatic nitrogens is 1. The summed E-state index contributed by atoms with van der Waals surface area (Å²) in [6.45, 7) is 5.05. The summed E-state index contributed by atoms with van der Waals surface area (Å²) in [5.74, 6) is -0.909. The molecule has 2 heterocycles. The Labute approximate surface area is 141 Å². The number of hydrogen-bond donors (Lipinski definition) is 1. The number of carboxylic acid groups (broad SMARTS) is 1. The molecule has 2 aromatic rings. The van der Waals surface area contributed by atoms with Crippen LogP contribution in [0.5, 0.6) is 0 Å². The predicted molar refractivity (Wildman–Crippen MR) is 91.5 cm³/mol. The lowest BCUT2D eigenvalue weighted by atomic mass is 10.1. The molecule has 1 unspecified atom stereocenters. The van der Waals surface area contributed by atoms with E-state index in [1.54, 1.807) is 0 Å². The van der Waals surface area contributed by atoms with Gasteiger partial charge >= 0.3 is 5.97 Å². The Morgan fingerprint density at radius 1 is 1.29 bits per heavy atom. The minimum atomic E-state index is -0.909. The van der Waals surface area contributed by atoms with Gasteiger partial charge in [0.1, 0.15) is 0 Å². The lowest BCUT2D eigenvalue weighted by Crippen LogP contribution is -2.46. The van der Waals surface area contributed by atoms with Gasteiger partial charge in [-0.1, -0.05) is 18.2 Å². The maximum absolute atomic E-state index is 11.7. The molecule has 0 spiro atoms. The van der Waals surface area contributed by atoms with Crippen LogP contribution in [0.2, 0.25) is 0 Å². The minimum Gasteiger partial charge on any atom is -0.478 e. The summed E-state index contributed by atoms with van der Waals surface area (Å²) >= 11 is 0. The van der Waals surface area contributed by atoms with Crippen molar-refractivity contribution in [2.75, 3.05) is 27.3 Å². The van der Waals surface area contributed by atoms with E-state index in [9.17, 15) is 9.90 Å². The molecule has 0 aliphatic carbocycles. The Bertz CT molecular complexity index is 745. The Balaban J connectivity index is 1.95. The zero-order valence-electron chi connectivity index (χ0n) is 14.5. The van der Waals surface area contributed by atoms with E-state index < -0.39 is 12.3 Å². The largest absolute Gasteiger partial charge is 0.478 e. The van der Waals surface area contributed by atoms with Crippen molar-refractivity contribution in [1.29, 1.82) is 0 Å². The monoisotopic (exact) mass is 332 g/mol. The van der Waals surface area contributed by atoms with Crippen molar-refractivity contribution in [2.45, 2.75) is 32.2 Å². The lowest BCUT2D eigenvalue weighted by molar-refractivity contribution is -0.217. The quantitative estimate of drug-likeness (QED) is 0.932. The van der Waals surface area contributed by atoms with Crippen LogP contribution in [0.15, 0.2) is 24.3 Å². The Kier molecular flexibility index (Phi) is 4.62. The summed E-state index contributed by atoms with van der Waals surface area (Å²) in [5.41, 5.74) is 1.96. The smallest absolute Gasteiger partial charge is 0.338 e. The number of carbonyl (C=O) groups is 1. The van der Waals surface area contributed by atoms with E-state index in [2.05, 4.69) is 4.90 Å². The van der Waals surface area contributed by atoms with Crippen molar-refractivity contribution in [3.8, 4) is 0 Å². The zero-order chi connectivity index (χ0) is 17.4. The third kappa shape index (κ3) is 2.81. The summed E-state index contributed by atoms with van der Waals surface area (Å²) in [6, 6.07) is 7.69. The maximum Gasteiger partial charge on any atom is 0.338 e. The van der Waals surface area contributed by atoms with E-state index in [0.717, 1.165) is 16.6 Å². The third-order valence-corrected chi connectivity index (χ3v) is 4.81. The molecule has 3 rings (SSSR count). The maximum atomic E-state index is 11.7. The van der Waals surface area contributed by atoms with Crippen molar-refractivity contribution < 1.29 is 19.4 Å². The number of benzene rings is 1. The number of para-hydroxylation sites is 1. The summed E-state index contributed by atoms with van der Waals surface area (Å²) in [7, 11) is 4.01. The van der Waals surface area contributed by atoms with Crippen LogP contribution in [0.4, 0.5) is 0 Å². The molecule has 1 saturated heterocycles. The molecule has 1 aliphatic heterocycles. The molecule has 1 aromatic carbocycles. The van der Waals surface area contributed by atoms with Gasteiger partial charge in [-0.05, 0) is 34.0 Å². The number of ether oxygens (including phenoxy) is 2. The Morgan fingerprint density at radius 2 is 1.92 bits per heavy atom. The first-order valence-corrected chi connectivity index (χ1v) is 8.14. The fraction of sp³-hybridized carbons (Fsp3) is 0.500. The van der Waals surface area contributed by atoms with Gasteiger partial charge in [0.05, 0.1) is 30.9 Å². The molecule has 24 heavy (non-hydrogen) atoms. The van der Waals surface area contributed by atoms with Crippen LogP contribution in [0.25, 0.3) is 10.9 Å². The standard InChI is InChI=1S/C18H24N2O4/c1-11-16(17(21)22)14-7-5-6-8-15(14)20(11)12(2)18-23-9-13(10-24-18)19(3)4/h5-8,12-13,18H,9-10H2,1-4H3,(H,21,22). The number of carboxylic acids is 1. The van der Waals surface area contributed by atoms with Gasteiger partial charge in [0.15, 0.2) is 6.29 Å². The first kappa shape index (κ1) is 17.0. The first-order valence-electron chi connectivity index (χ1n) is 8.14. The molecular weight excluding hydrogens is 308 g/mol. The van der Waals surface area contributed by atoms with Gasteiger partial charge in [-0.2, -0.15) is 0 Å². The number of fused-ring (bicyclic) bond motifs is 1. The van der Waals surface area contributed by atoms with Crippen LogP contribution >= 0.6 is 0 Å². The zero-order valence-corrected chi connectivity index (χ0v) is 14.5. The van der Waals surface area contributed by atoms with E-state index in [4.69, 9.17) is 9.47 Å². The fourth-order valence-corrected chi connectivity index (χ4v) is 3.39. The molecule has 0 radical (unpaired) electrons. The topological polar surface area (TPSA) is 63.9 Å². The second-order valence-corrected chi connectivity index (χ2v) is 6.55. The molecule has 0 bridgehead atoms. The summed E-state index contributed by atoms with van der Waals surface area (Å²) in [4.78, 5) is 13.8. The minimum absolute atomic E-state index is 0.119. The summed E-state index contributed by atoms with van der Waals surface area (Å²) in [5, 5.41) is 10.3. The predicted octanol–water partition coefficient (Wildman–Crippen LogP) is 2.51. The second kappa shape index (κ2) is 6.55. The number of rotatable bonds is 4. The highest BCUT2D eigenvalue weighted by Crippen LogP contribution is 2.32. The van der Waals surface area contributed by atoms with Gasteiger partial charge in [-0.3, -0.25) is 0 Å². The molecule has 1 aromatic heterocycles. The highest BCUT2D eigenvalue weighted by molar-refractivity contribution is 6.05. The number of aromatic carboxylic acids is 1. The van der Waals surface area contributed by atoms with Crippen molar-refractivity contribution in [3.05, 3.63) is 35.5 Å². The number of nitrogens with zero attached hydrogens (tertiary/aromatic N) is 2. The van der Waals surface area contributed by atoms with E-state index >= 15 is 0 Å². The van der Waals surface area contributed by atoms with E-state index in [-0.39, 0.29) is 12.1 Å². The van der Waals surface area contributed by atoms with Crippen LogP contribution in [0.1, 0.15) is 29.0 Å². The van der Waals surface area contributed by atoms with Gasteiger partial charge in [0.25, 0.3) is 0 Å². The van der Waals surface area contributed by atoms with E-state index in [1.807, 2.05) is 56.8 Å². The molecular formula is C18H24N2O4. The van der Waals surface area contributed by atoms with Gasteiger partial charge < -0.3 is 24.0 Å². The highest BCUT2D eigenvalue weighted by Gasteiger charge is 2.31. The summed E-state index contributed by atoms with van der Waals surface area (Å²) < 4.78 is 13.8. The molecule has 130 valence electrons. The van der Waals surface area contributed by atoms with E-state index in [0.29, 0.717) is 18.8 Å². The van der Waals surface area contributed by atoms with Gasteiger partial charge in [0.2, 0.25) is 0 Å². The van der Waals surface area contributed by atoms with Crippen LogP contribution in [-0.4, -0.2) is 60.2 Å². The lowest BCUT2D eigenvalue weighted by Gasteiger charge is -2.36. The second-order valence-electron chi connectivity index (χ2n) is 6.55. The molecule has 0 amide bonds. The van der Waals surface area contributed by atoms with Crippen molar-refractivity contribution in [1.82, 2.24) is 9.47 Å². The fourth-order valence-electron chi connectivity index (χ4n) is 3.39. The molecule has 1 N–H and O–H groups in total. The first-order chi connectivity index (χ1) is 11.4. The van der Waals surface area contributed by atoms with Crippen LogP contribution < -0.4 is 0 Å². The molecule has 6 nitrogen and oxygen atoms in total. The van der Waals surface area contributed by atoms with Crippen molar-refractivity contribution in [2.24, 2.45) is 0 Å². The molecule has 0 saturated carbocycles. The molecule has 1 atom stereocenters. The normalized spacial score (nSPS) is 22.9. The average molecular weight is 332 g/mol. The van der Waals surface area contributed by atoms with Crippen molar-refractivity contribution >= 4 is 16.9 Å². The Morgan fingerprint density at radius 3 is 2.50 bits per heavy atom. The van der Waals surface area contributed by atoms with Crippen LogP contribution in [0.3, 0.4) is 0 Å². The van der Waals surface area contributed by atoms with Crippen LogP contribution in [0, 0.1) is 6.92 Å². The third-order valence-electron chi connectivity index (χ3n) is 4.81. The SMILES string of the molecule is Cc1c(C(=O)O)c2ccccc2n1C(C)C1OCC(N(C)C)CO1. The number of likely N-dealkylation sites (N-methyl/N-ethyl adjacent to an activating group) is 1. The van der Waals surface area contributed by atoms with Crippen molar-refractivity contribution in [3.63, 3.8) is 0 Å². The van der Waals surface area contributed by atoms with Gasteiger partial charge in [0, 0.05) is 16.6 Å².